The van der Waals surface area contributed by atoms with Crippen LogP contribution in [0.25, 0.3) is 0 Å². The van der Waals surface area contributed by atoms with E-state index in [1.54, 1.807) is 18.2 Å². The standard InChI is InChI=1S/C30H39N9O4/c1-3-21-27(33-16-25(29(40)41)38-30(42)37-24-9-7-20(43-2)15-22(24)31)34-17-35-28(21)39-13-10-18(11-14-39)23-8-6-19-5-4-12-32-26(19)36-23/h6-9,15,17-18,25H,3-5,10-14,16,31H2,1-2H3,(H,32,36)(H,40,41)(H,33,34,35)(H2,37,38,42). The number of methoxy groups -OCH3 is 1. The minimum absolute atomic E-state index is 0.0790. The first-order valence-corrected chi connectivity index (χ1v) is 14.7. The molecule has 5 rings (SSSR count). The fourth-order valence-corrected chi connectivity index (χ4v) is 5.61. The molecule has 0 saturated carbocycles. The van der Waals surface area contributed by atoms with Gasteiger partial charge >= 0.3 is 12.0 Å². The van der Waals surface area contributed by atoms with Crippen LogP contribution in [-0.2, 0) is 17.6 Å². The number of nitrogens with zero attached hydrogens (tertiary/aromatic N) is 4. The van der Waals surface area contributed by atoms with E-state index in [1.165, 1.54) is 19.0 Å². The fourth-order valence-electron chi connectivity index (χ4n) is 5.61. The second kappa shape index (κ2) is 13.4. The maximum atomic E-state index is 12.6. The van der Waals surface area contributed by atoms with Gasteiger partial charge in [0.2, 0.25) is 0 Å². The summed E-state index contributed by atoms with van der Waals surface area (Å²) in [6, 6.07) is 7.26. The summed E-state index contributed by atoms with van der Waals surface area (Å²) in [6.07, 6.45) is 6.28. The number of nitrogen functional groups attached to an aromatic ring is 1. The zero-order valence-electron chi connectivity index (χ0n) is 24.5. The number of carboxylic acids is 1. The van der Waals surface area contributed by atoms with Gasteiger partial charge in [0, 0.05) is 49.4 Å². The van der Waals surface area contributed by atoms with Crippen molar-refractivity contribution in [2.75, 3.05) is 59.9 Å². The first-order valence-electron chi connectivity index (χ1n) is 14.7. The summed E-state index contributed by atoms with van der Waals surface area (Å²) in [7, 11) is 1.51. The lowest BCUT2D eigenvalue weighted by Gasteiger charge is -2.34. The third-order valence-electron chi connectivity index (χ3n) is 7.99. The molecule has 1 unspecified atom stereocenters. The summed E-state index contributed by atoms with van der Waals surface area (Å²) in [5.41, 5.74) is 9.93. The molecule has 2 aliphatic rings. The molecule has 0 aliphatic carbocycles. The average Bonchev–Trinajstić information content (AvgIpc) is 3.03. The van der Waals surface area contributed by atoms with E-state index in [2.05, 4.69) is 48.3 Å². The molecular formula is C30H39N9O4. The largest absolute Gasteiger partial charge is 0.497 e. The first-order chi connectivity index (χ1) is 20.9. The summed E-state index contributed by atoms with van der Waals surface area (Å²) >= 11 is 0. The van der Waals surface area contributed by atoms with Crippen LogP contribution in [0.5, 0.6) is 5.75 Å². The van der Waals surface area contributed by atoms with Gasteiger partial charge < -0.3 is 41.7 Å². The van der Waals surface area contributed by atoms with Gasteiger partial charge in [-0.2, -0.15) is 0 Å². The zero-order valence-corrected chi connectivity index (χ0v) is 24.5. The predicted octanol–water partition coefficient (Wildman–Crippen LogP) is 3.45. The van der Waals surface area contributed by atoms with E-state index in [1.807, 2.05) is 6.92 Å². The van der Waals surface area contributed by atoms with E-state index in [4.69, 9.17) is 15.5 Å². The molecule has 3 aromatic rings. The molecule has 7 N–H and O–H groups in total. The van der Waals surface area contributed by atoms with Crippen LogP contribution in [0.2, 0.25) is 0 Å². The second-order valence-electron chi connectivity index (χ2n) is 10.7. The molecule has 2 aliphatic heterocycles. The number of carboxylic acid groups (broad SMARTS) is 1. The number of piperidine rings is 1. The van der Waals surface area contributed by atoms with Gasteiger partial charge in [-0.3, -0.25) is 0 Å². The Kier molecular flexibility index (Phi) is 9.28. The predicted molar refractivity (Wildman–Crippen MR) is 166 cm³/mol. The van der Waals surface area contributed by atoms with Gasteiger partial charge in [-0.25, -0.2) is 24.5 Å². The zero-order chi connectivity index (χ0) is 30.3. The van der Waals surface area contributed by atoms with Gasteiger partial charge in [-0.05, 0) is 55.9 Å². The molecule has 2 amide bonds. The fraction of sp³-hybridized carbons (Fsp3) is 0.433. The number of amides is 2. The highest BCUT2D eigenvalue weighted by molar-refractivity contribution is 5.95. The van der Waals surface area contributed by atoms with Gasteiger partial charge in [-0.15, -0.1) is 0 Å². The molecule has 0 bridgehead atoms. The number of carbonyl (C=O) groups excluding carboxylic acids is 1. The maximum Gasteiger partial charge on any atom is 0.328 e. The van der Waals surface area contributed by atoms with Gasteiger partial charge in [0.25, 0.3) is 0 Å². The number of aryl methyl sites for hydroxylation is 1. The van der Waals surface area contributed by atoms with Crippen molar-refractivity contribution in [2.24, 2.45) is 0 Å². The third-order valence-corrected chi connectivity index (χ3v) is 7.99. The summed E-state index contributed by atoms with van der Waals surface area (Å²) < 4.78 is 5.12. The third kappa shape index (κ3) is 6.99. The van der Waals surface area contributed by atoms with Crippen molar-refractivity contribution in [3.8, 4) is 5.75 Å². The van der Waals surface area contributed by atoms with Crippen LogP contribution in [0.3, 0.4) is 0 Å². The number of rotatable bonds is 10. The number of hydrogen-bond donors (Lipinski definition) is 6. The monoisotopic (exact) mass is 589 g/mol. The Labute approximate surface area is 250 Å². The van der Waals surface area contributed by atoms with Crippen LogP contribution >= 0.6 is 0 Å². The van der Waals surface area contributed by atoms with Gasteiger partial charge in [0.05, 0.1) is 18.5 Å². The number of urea groups is 1. The average molecular weight is 590 g/mol. The van der Waals surface area contributed by atoms with Crippen LogP contribution < -0.4 is 36.6 Å². The SMILES string of the molecule is CCc1c(NCC(NC(=O)Nc2ccc(OC)cc2N)C(=O)O)ncnc1N1CCC(c2ccc3c(n2)NCCC3)CC1. The number of carbonyl (C=O) groups is 2. The Hall–Kier alpha value is -4.81. The first kappa shape index (κ1) is 29.7. The number of anilines is 5. The molecule has 1 aromatic carbocycles. The van der Waals surface area contributed by atoms with Crippen LogP contribution in [-0.4, -0.2) is 71.4 Å². The van der Waals surface area contributed by atoms with Crippen LogP contribution in [0, 0.1) is 0 Å². The maximum absolute atomic E-state index is 12.6. The molecule has 0 radical (unpaired) electrons. The van der Waals surface area contributed by atoms with Crippen molar-refractivity contribution in [3.05, 3.63) is 53.5 Å². The number of aliphatic carboxylic acids is 1. The van der Waals surface area contributed by atoms with Crippen LogP contribution in [0.4, 0.5) is 33.6 Å². The summed E-state index contributed by atoms with van der Waals surface area (Å²) in [6.45, 7) is 4.57. The van der Waals surface area contributed by atoms with Gasteiger partial charge in [0.1, 0.15) is 35.6 Å². The molecule has 1 atom stereocenters. The van der Waals surface area contributed by atoms with Crippen molar-refractivity contribution in [3.63, 3.8) is 0 Å². The number of fused-ring (bicyclic) bond motifs is 1. The Morgan fingerprint density at radius 3 is 2.74 bits per heavy atom. The van der Waals surface area contributed by atoms with Crippen molar-refractivity contribution in [2.45, 2.75) is 51.0 Å². The summed E-state index contributed by atoms with van der Waals surface area (Å²) in [4.78, 5) is 40.8. The minimum Gasteiger partial charge on any atom is -0.497 e. The molecule has 1 saturated heterocycles. The van der Waals surface area contributed by atoms with E-state index >= 15 is 0 Å². The van der Waals surface area contributed by atoms with E-state index in [9.17, 15) is 14.7 Å². The molecular weight excluding hydrogens is 550 g/mol. The highest BCUT2D eigenvalue weighted by atomic mass is 16.5. The Balaban J connectivity index is 1.20. The highest BCUT2D eigenvalue weighted by Crippen LogP contribution is 2.33. The summed E-state index contributed by atoms with van der Waals surface area (Å²) in [5, 5.41) is 21.4. The molecule has 0 spiro atoms. The Bertz CT molecular complexity index is 1460. The minimum atomic E-state index is -1.23. The molecule has 1 fully saturated rings. The molecule has 228 valence electrons. The van der Waals surface area contributed by atoms with Gasteiger partial charge in [0.15, 0.2) is 0 Å². The number of benzene rings is 1. The second-order valence-corrected chi connectivity index (χ2v) is 10.7. The number of nitrogens with one attached hydrogen (secondary N) is 4. The quantitative estimate of drug-likeness (QED) is 0.191. The topological polar surface area (TPSA) is 180 Å². The number of pyridine rings is 1. The van der Waals surface area contributed by atoms with Crippen LogP contribution in [0.15, 0.2) is 36.7 Å². The van der Waals surface area contributed by atoms with Crippen molar-refractivity contribution < 1.29 is 19.4 Å². The molecule has 13 heteroatoms. The lowest BCUT2D eigenvalue weighted by molar-refractivity contribution is -0.138. The number of ether oxygens (including phenoxy) is 1. The lowest BCUT2D eigenvalue weighted by Crippen LogP contribution is -2.47. The van der Waals surface area contributed by atoms with Crippen molar-refractivity contribution in [1.29, 1.82) is 0 Å². The van der Waals surface area contributed by atoms with E-state index in [0.717, 1.165) is 68.2 Å². The van der Waals surface area contributed by atoms with E-state index in [0.29, 0.717) is 35.3 Å². The van der Waals surface area contributed by atoms with Gasteiger partial charge in [-0.1, -0.05) is 13.0 Å². The van der Waals surface area contributed by atoms with Crippen molar-refractivity contribution >= 4 is 40.8 Å². The Morgan fingerprint density at radius 2 is 2.02 bits per heavy atom. The van der Waals surface area contributed by atoms with E-state index in [-0.39, 0.29) is 6.54 Å². The molecule has 2 aromatic heterocycles. The smallest absolute Gasteiger partial charge is 0.328 e. The Morgan fingerprint density at radius 1 is 1.21 bits per heavy atom. The normalized spacial score (nSPS) is 15.5. The molecule has 43 heavy (non-hydrogen) atoms. The number of nitrogens with two attached hydrogens (primary N) is 1. The highest BCUT2D eigenvalue weighted by Gasteiger charge is 2.27. The number of hydrogen-bond acceptors (Lipinski definition) is 10. The number of aromatic nitrogens is 3. The van der Waals surface area contributed by atoms with E-state index < -0.39 is 18.0 Å². The summed E-state index contributed by atoms with van der Waals surface area (Å²) in [5.74, 6) is 2.15. The molecule has 4 heterocycles. The molecule has 13 nitrogen and oxygen atoms in total. The van der Waals surface area contributed by atoms with Crippen molar-refractivity contribution in [1.82, 2.24) is 20.3 Å². The lowest BCUT2D eigenvalue weighted by atomic mass is 9.92. The van der Waals surface area contributed by atoms with Crippen LogP contribution in [0.1, 0.15) is 48.9 Å².